The number of anilines is 1. The summed E-state index contributed by atoms with van der Waals surface area (Å²) in [6.45, 7) is 1.71. The van der Waals surface area contributed by atoms with E-state index in [0.717, 1.165) is 0 Å². The lowest BCUT2D eigenvalue weighted by atomic mass is 9.82. The second-order valence-electron chi connectivity index (χ2n) is 5.26. The zero-order valence-corrected chi connectivity index (χ0v) is 12.0. The number of benzene rings is 1. The van der Waals surface area contributed by atoms with Crippen LogP contribution in [0.3, 0.4) is 0 Å². The molecule has 0 aromatic heterocycles. The van der Waals surface area contributed by atoms with E-state index in [2.05, 4.69) is 5.32 Å². The number of nitro groups is 1. The van der Waals surface area contributed by atoms with Crippen molar-refractivity contribution >= 4 is 23.3 Å². The summed E-state index contributed by atoms with van der Waals surface area (Å²) in [5.41, 5.74) is 0.583. The van der Waals surface area contributed by atoms with E-state index in [9.17, 15) is 24.8 Å². The van der Waals surface area contributed by atoms with Crippen molar-refractivity contribution in [2.75, 3.05) is 5.32 Å². The number of nitrogens with zero attached hydrogens (tertiary/aromatic N) is 1. The summed E-state index contributed by atoms with van der Waals surface area (Å²) in [4.78, 5) is 34.0. The molecule has 0 saturated carbocycles. The first-order chi connectivity index (χ1) is 10.4. The molecule has 1 aromatic carbocycles. The number of nitrogens with one attached hydrogen (secondary N) is 1. The van der Waals surface area contributed by atoms with Crippen LogP contribution in [0.5, 0.6) is 0 Å². The molecule has 0 aliphatic heterocycles. The largest absolute Gasteiger partial charge is 0.481 e. The van der Waals surface area contributed by atoms with Crippen LogP contribution in [-0.4, -0.2) is 21.9 Å². The lowest BCUT2D eigenvalue weighted by molar-refractivity contribution is -0.384. The Bertz CT molecular complexity index is 653. The highest BCUT2D eigenvalue weighted by molar-refractivity contribution is 5.97. The molecule has 0 radical (unpaired) electrons. The Morgan fingerprint density at radius 1 is 1.27 bits per heavy atom. The molecule has 1 aliphatic rings. The van der Waals surface area contributed by atoms with Gasteiger partial charge in [-0.25, -0.2) is 0 Å². The third-order valence-corrected chi connectivity index (χ3v) is 3.69. The Balaban J connectivity index is 2.23. The smallest absolute Gasteiger partial charge is 0.307 e. The monoisotopic (exact) mass is 304 g/mol. The molecule has 0 heterocycles. The van der Waals surface area contributed by atoms with Gasteiger partial charge in [-0.2, -0.15) is 0 Å². The second-order valence-corrected chi connectivity index (χ2v) is 5.26. The van der Waals surface area contributed by atoms with Gasteiger partial charge >= 0.3 is 5.97 Å². The highest BCUT2D eigenvalue weighted by Gasteiger charge is 2.34. The van der Waals surface area contributed by atoms with Crippen molar-refractivity contribution in [3.63, 3.8) is 0 Å². The first kappa shape index (κ1) is 15.7. The minimum absolute atomic E-state index is 0.0827. The van der Waals surface area contributed by atoms with Gasteiger partial charge in [-0.15, -0.1) is 0 Å². The molecule has 0 unspecified atom stereocenters. The molecular weight excluding hydrogens is 288 g/mol. The van der Waals surface area contributed by atoms with Crippen molar-refractivity contribution in [1.29, 1.82) is 0 Å². The minimum Gasteiger partial charge on any atom is -0.481 e. The van der Waals surface area contributed by atoms with Crippen molar-refractivity contribution in [3.05, 3.63) is 46.0 Å². The SMILES string of the molecule is Cc1ccc(NC(=O)[C@@H]2CC=CC[C@@H]2C(=O)O)c([N+](=O)[O-])c1. The highest BCUT2D eigenvalue weighted by Crippen LogP contribution is 2.30. The number of hydrogen-bond donors (Lipinski definition) is 2. The van der Waals surface area contributed by atoms with E-state index in [4.69, 9.17) is 0 Å². The Hall–Kier alpha value is -2.70. The number of amides is 1. The number of hydrogen-bond acceptors (Lipinski definition) is 4. The molecule has 7 nitrogen and oxygen atoms in total. The third-order valence-electron chi connectivity index (χ3n) is 3.69. The second kappa shape index (κ2) is 6.38. The van der Waals surface area contributed by atoms with E-state index in [1.54, 1.807) is 25.1 Å². The maximum atomic E-state index is 12.3. The Labute approximate surface area is 126 Å². The lowest BCUT2D eigenvalue weighted by Gasteiger charge is -2.24. The average molecular weight is 304 g/mol. The Morgan fingerprint density at radius 2 is 1.91 bits per heavy atom. The van der Waals surface area contributed by atoms with Gasteiger partial charge in [0.25, 0.3) is 5.69 Å². The minimum atomic E-state index is -1.04. The van der Waals surface area contributed by atoms with Crippen molar-refractivity contribution < 1.29 is 19.6 Å². The molecule has 7 heteroatoms. The standard InChI is InChI=1S/C15H16N2O5/c1-9-6-7-12(13(8-9)17(21)22)16-14(18)10-4-2-3-5-11(10)15(19)20/h2-3,6-8,10-11H,4-5H2,1H3,(H,16,18)(H,19,20)/t10-,11+/m1/s1. The molecule has 1 aromatic rings. The number of rotatable bonds is 4. The fourth-order valence-corrected chi connectivity index (χ4v) is 2.50. The molecule has 0 fully saturated rings. The van der Waals surface area contributed by atoms with Crippen molar-refractivity contribution in [1.82, 2.24) is 0 Å². The molecule has 1 amide bonds. The predicted molar refractivity (Wildman–Crippen MR) is 79.5 cm³/mol. The van der Waals surface area contributed by atoms with E-state index >= 15 is 0 Å². The first-order valence-electron chi connectivity index (χ1n) is 6.84. The molecule has 2 atom stereocenters. The highest BCUT2D eigenvalue weighted by atomic mass is 16.6. The van der Waals surface area contributed by atoms with Gasteiger partial charge in [0.1, 0.15) is 5.69 Å². The van der Waals surface area contributed by atoms with Crippen molar-refractivity contribution in [3.8, 4) is 0 Å². The van der Waals surface area contributed by atoms with Crippen LogP contribution in [-0.2, 0) is 9.59 Å². The molecule has 0 spiro atoms. The molecule has 2 rings (SSSR count). The van der Waals surface area contributed by atoms with E-state index in [1.165, 1.54) is 12.1 Å². The lowest BCUT2D eigenvalue weighted by Crippen LogP contribution is -2.34. The van der Waals surface area contributed by atoms with Crippen LogP contribution in [0.4, 0.5) is 11.4 Å². The van der Waals surface area contributed by atoms with Crippen LogP contribution in [0.2, 0.25) is 0 Å². The number of aryl methyl sites for hydroxylation is 1. The number of carbonyl (C=O) groups excluding carboxylic acids is 1. The van der Waals surface area contributed by atoms with Crippen LogP contribution in [0.25, 0.3) is 0 Å². The van der Waals surface area contributed by atoms with Crippen molar-refractivity contribution in [2.24, 2.45) is 11.8 Å². The Morgan fingerprint density at radius 3 is 2.50 bits per heavy atom. The van der Waals surface area contributed by atoms with E-state index in [-0.39, 0.29) is 17.8 Å². The maximum absolute atomic E-state index is 12.3. The van der Waals surface area contributed by atoms with E-state index < -0.39 is 28.6 Å². The van der Waals surface area contributed by atoms with E-state index in [1.807, 2.05) is 0 Å². The maximum Gasteiger partial charge on any atom is 0.307 e. The number of carbonyl (C=O) groups is 2. The summed E-state index contributed by atoms with van der Waals surface area (Å²) < 4.78 is 0. The van der Waals surface area contributed by atoms with Gasteiger partial charge in [0.15, 0.2) is 0 Å². The zero-order valence-electron chi connectivity index (χ0n) is 12.0. The molecule has 0 bridgehead atoms. The number of nitro benzene ring substituents is 1. The summed E-state index contributed by atoms with van der Waals surface area (Å²) in [7, 11) is 0. The molecule has 22 heavy (non-hydrogen) atoms. The summed E-state index contributed by atoms with van der Waals surface area (Å²) in [5, 5.41) is 22.7. The molecule has 0 saturated heterocycles. The molecular formula is C15H16N2O5. The van der Waals surface area contributed by atoms with E-state index in [0.29, 0.717) is 12.0 Å². The zero-order chi connectivity index (χ0) is 16.3. The number of aliphatic carboxylic acids is 1. The molecule has 116 valence electrons. The van der Waals surface area contributed by atoms with Crippen LogP contribution in [0.15, 0.2) is 30.4 Å². The fraction of sp³-hybridized carbons (Fsp3) is 0.333. The summed E-state index contributed by atoms with van der Waals surface area (Å²) >= 11 is 0. The predicted octanol–water partition coefficient (Wildman–Crippen LogP) is 2.51. The normalized spacial score (nSPS) is 20.4. The number of carboxylic acids is 1. The van der Waals surface area contributed by atoms with Crippen LogP contribution in [0.1, 0.15) is 18.4 Å². The van der Waals surface area contributed by atoms with Gasteiger partial charge in [-0.05, 0) is 31.4 Å². The number of carboxylic acid groups (broad SMARTS) is 1. The summed E-state index contributed by atoms with van der Waals surface area (Å²) in [6, 6.07) is 4.48. The summed E-state index contributed by atoms with van der Waals surface area (Å²) in [5.74, 6) is -3.09. The quantitative estimate of drug-likeness (QED) is 0.504. The Kier molecular flexibility index (Phi) is 4.55. The topological polar surface area (TPSA) is 110 Å². The molecule has 1 aliphatic carbocycles. The van der Waals surface area contributed by atoms with Crippen LogP contribution >= 0.6 is 0 Å². The van der Waals surface area contributed by atoms with Gasteiger partial charge in [0, 0.05) is 6.07 Å². The fourth-order valence-electron chi connectivity index (χ4n) is 2.50. The third kappa shape index (κ3) is 3.30. The average Bonchev–Trinajstić information content (AvgIpc) is 2.48. The molecule has 2 N–H and O–H groups in total. The van der Waals surface area contributed by atoms with Gasteiger partial charge < -0.3 is 10.4 Å². The first-order valence-corrected chi connectivity index (χ1v) is 6.84. The van der Waals surface area contributed by atoms with Crippen molar-refractivity contribution in [2.45, 2.75) is 19.8 Å². The van der Waals surface area contributed by atoms with Gasteiger partial charge in [0.2, 0.25) is 5.91 Å². The van der Waals surface area contributed by atoms with Gasteiger partial charge in [-0.1, -0.05) is 18.2 Å². The van der Waals surface area contributed by atoms with Gasteiger partial charge in [0.05, 0.1) is 16.8 Å². The van der Waals surface area contributed by atoms with Crippen LogP contribution in [0, 0.1) is 28.9 Å². The summed E-state index contributed by atoms with van der Waals surface area (Å²) in [6.07, 6.45) is 4.08. The van der Waals surface area contributed by atoms with Crippen LogP contribution < -0.4 is 5.32 Å². The number of allylic oxidation sites excluding steroid dienone is 2. The van der Waals surface area contributed by atoms with Gasteiger partial charge in [-0.3, -0.25) is 19.7 Å².